The number of alkyl halides is 6. The number of rotatable bonds is 9. The van der Waals surface area contributed by atoms with E-state index < -0.39 is 17.0 Å². The van der Waals surface area contributed by atoms with E-state index in [1.165, 1.54) is 16.1 Å². The molecule has 3 aliphatic carbocycles. The van der Waals surface area contributed by atoms with E-state index in [0.717, 1.165) is 64.7 Å². The molecule has 0 aromatic carbocycles. The van der Waals surface area contributed by atoms with Gasteiger partial charge in [0.15, 0.2) is 0 Å². The Labute approximate surface area is 368 Å². The molecular weight excluding hydrogens is 869 g/mol. The number of aromatic nitrogens is 4. The van der Waals surface area contributed by atoms with Gasteiger partial charge in [0.05, 0.1) is 33.9 Å². The molecule has 9 rings (SSSR count). The zero-order valence-corrected chi connectivity index (χ0v) is 36.4. The van der Waals surface area contributed by atoms with Crippen LogP contribution in [0.3, 0.4) is 0 Å². The monoisotopic (exact) mass is 915 g/mol. The third kappa shape index (κ3) is 10.5. The van der Waals surface area contributed by atoms with Gasteiger partial charge < -0.3 is 36.4 Å². The third-order valence-corrected chi connectivity index (χ3v) is 13.8. The fourth-order valence-electron chi connectivity index (χ4n) is 8.48. The van der Waals surface area contributed by atoms with E-state index in [9.17, 15) is 35.9 Å². The number of nitrogens with zero attached hydrogens (tertiary/aromatic N) is 6. The number of likely N-dealkylation sites (tertiary alicyclic amines) is 2. The van der Waals surface area contributed by atoms with Gasteiger partial charge in [-0.25, -0.2) is 13.8 Å². The summed E-state index contributed by atoms with van der Waals surface area (Å²) in [5.41, 5.74) is -8.16. The van der Waals surface area contributed by atoms with Crippen LogP contribution >= 0.6 is 23.5 Å². The molecule has 0 bridgehead atoms. The van der Waals surface area contributed by atoms with E-state index in [1.807, 2.05) is 12.1 Å². The van der Waals surface area contributed by atoms with Crippen molar-refractivity contribution in [2.75, 3.05) is 71.0 Å². The molecule has 3 saturated carbocycles. The number of urea groups is 1. The number of nitrogens with one attached hydrogen (secondary N) is 5. The molecule has 2 saturated heterocycles. The maximum absolute atomic E-state index is 13.3. The van der Waals surface area contributed by atoms with Crippen LogP contribution in [0.25, 0.3) is 11.0 Å². The normalized spacial score (nSPS) is 24.0. The number of carbonyl (C=O) groups excluding carboxylic acids is 2. The zero-order valence-electron chi connectivity index (χ0n) is 34.8. The summed E-state index contributed by atoms with van der Waals surface area (Å²) in [7, 11) is 5.67. The molecule has 21 heteroatoms. The number of amides is 3. The Morgan fingerprint density at radius 1 is 0.746 bits per heavy atom. The minimum Gasteiger partial charge on any atom is -0.364 e. The van der Waals surface area contributed by atoms with Crippen molar-refractivity contribution in [1.82, 2.24) is 45.0 Å². The smallest absolute Gasteiger partial charge is 0.364 e. The summed E-state index contributed by atoms with van der Waals surface area (Å²) in [5.74, 6) is 13.2. The summed E-state index contributed by atoms with van der Waals surface area (Å²) in [6.07, 6.45) is 5.82. The summed E-state index contributed by atoms with van der Waals surface area (Å²) in [5, 5.41) is 23.5. The van der Waals surface area contributed by atoms with Crippen LogP contribution < -0.4 is 26.6 Å². The molecule has 63 heavy (non-hydrogen) atoms. The van der Waals surface area contributed by atoms with E-state index in [0.29, 0.717) is 34.5 Å². The molecule has 4 unspecified atom stereocenters. The number of thioether (sulfide) groups is 2. The van der Waals surface area contributed by atoms with Gasteiger partial charge in [0, 0.05) is 50.2 Å². The van der Waals surface area contributed by atoms with Gasteiger partial charge in [-0.2, -0.15) is 36.5 Å². The molecule has 5 N–H and O–H groups in total. The molecule has 3 amide bonds. The van der Waals surface area contributed by atoms with Crippen LogP contribution in [0.15, 0.2) is 46.2 Å². The number of pyridine rings is 2. The highest BCUT2D eigenvalue weighted by Gasteiger charge is 2.57. The second kappa shape index (κ2) is 17.5. The Bertz CT molecular complexity index is 2520. The van der Waals surface area contributed by atoms with Gasteiger partial charge in [-0.1, -0.05) is 24.0 Å². The second-order valence-electron chi connectivity index (χ2n) is 16.8. The number of anilines is 2. The van der Waals surface area contributed by atoms with Crippen LogP contribution in [0, 0.1) is 41.4 Å². The predicted octanol–water partition coefficient (Wildman–Crippen LogP) is 6.06. The summed E-state index contributed by atoms with van der Waals surface area (Å²) >= 11 is -0.423. The summed E-state index contributed by atoms with van der Waals surface area (Å²) in [6, 6.07) is 9.96. The molecular formula is C42H47F6N11O2S2. The first-order chi connectivity index (χ1) is 29.9. The minimum absolute atomic E-state index is 0.00686. The first kappa shape index (κ1) is 44.6. The molecule has 5 aliphatic rings. The zero-order chi connectivity index (χ0) is 44.7. The highest BCUT2D eigenvalue weighted by molar-refractivity contribution is 8.00. The van der Waals surface area contributed by atoms with Crippen molar-refractivity contribution >= 4 is 58.1 Å². The van der Waals surface area contributed by atoms with Crippen LogP contribution in [0.2, 0.25) is 0 Å². The lowest BCUT2D eigenvalue weighted by atomic mass is 10.1. The molecule has 6 heterocycles. The summed E-state index contributed by atoms with van der Waals surface area (Å²) < 4.78 is 82.6. The molecule has 2 aliphatic heterocycles. The van der Waals surface area contributed by atoms with Crippen molar-refractivity contribution < 1.29 is 35.9 Å². The molecule has 13 nitrogen and oxygen atoms in total. The Hall–Kier alpha value is -4.96. The Morgan fingerprint density at radius 2 is 1.21 bits per heavy atom. The first-order valence-electron chi connectivity index (χ1n) is 20.6. The van der Waals surface area contributed by atoms with Gasteiger partial charge in [-0.05, 0) is 124 Å². The molecule has 4 aromatic rings. The quantitative estimate of drug-likeness (QED) is 0.0767. The van der Waals surface area contributed by atoms with E-state index >= 15 is 0 Å². The lowest BCUT2D eigenvalue weighted by Gasteiger charge is -2.30. The van der Waals surface area contributed by atoms with E-state index in [2.05, 4.69) is 84.4 Å². The molecule has 4 aromatic heterocycles. The number of hydrogen-bond acceptors (Lipinski definition) is 10. The molecule has 4 atom stereocenters. The number of halogens is 6. The highest BCUT2D eigenvalue weighted by Crippen LogP contribution is 2.53. The van der Waals surface area contributed by atoms with Crippen LogP contribution in [0.5, 0.6) is 0 Å². The van der Waals surface area contributed by atoms with Gasteiger partial charge in [-0.15, -0.1) is 0 Å². The Morgan fingerprint density at radius 3 is 1.62 bits per heavy atom. The standard InChI is InChI=1S/C22H24F3N5OS.C20H23F3N6OS/c1-29-11-9-21(12-15(21)13-29)27-18-6-2-5-17-19(32-22(23,24)25)16(28-30(17)18)4-3-10-26-20(31)14-7-8-14;1-24-18(30)25-9-4-5-14-17(31-20(21,22)23)15-6-3-7-16(29(15)27-14)26-19-8-10-28(2)12-13(19)11-19/h2,5-6,14-15,27H,7-13H2,1H3,(H,26,31);3,6-7,13,26H,8-12H2,1-2H3,(H2,24,25,30). The first-order valence-corrected chi connectivity index (χ1v) is 22.3. The number of fused-ring (bicyclic) bond motifs is 4. The van der Waals surface area contributed by atoms with Gasteiger partial charge in [0.25, 0.3) is 0 Å². The van der Waals surface area contributed by atoms with Crippen molar-refractivity contribution in [2.45, 2.75) is 70.4 Å². The van der Waals surface area contributed by atoms with E-state index in [1.54, 1.807) is 24.3 Å². The van der Waals surface area contributed by atoms with Crippen molar-refractivity contribution in [2.24, 2.45) is 17.8 Å². The molecule has 0 radical (unpaired) electrons. The topological polar surface area (TPSA) is 135 Å². The molecule has 336 valence electrons. The summed E-state index contributed by atoms with van der Waals surface area (Å²) in [6.45, 7) is 4.06. The maximum Gasteiger partial charge on any atom is 0.446 e. The molecule has 0 spiro atoms. The van der Waals surface area contributed by atoms with Crippen molar-refractivity contribution in [3.8, 4) is 23.7 Å². The number of hydrogen-bond donors (Lipinski definition) is 5. The van der Waals surface area contributed by atoms with Crippen molar-refractivity contribution in [3.63, 3.8) is 0 Å². The van der Waals surface area contributed by atoms with E-state index in [4.69, 9.17) is 0 Å². The fourth-order valence-corrected chi connectivity index (χ4v) is 9.84. The number of piperidine rings is 2. The van der Waals surface area contributed by atoms with Gasteiger partial charge in [0.2, 0.25) is 5.91 Å². The second-order valence-corrected chi connectivity index (χ2v) is 18.9. The average molecular weight is 916 g/mol. The third-order valence-electron chi connectivity index (χ3n) is 12.1. The van der Waals surface area contributed by atoms with Gasteiger partial charge >= 0.3 is 17.0 Å². The minimum atomic E-state index is -4.47. The van der Waals surface area contributed by atoms with Crippen LogP contribution in [0.4, 0.5) is 42.8 Å². The fraction of sp³-hybridized carbons (Fsp3) is 0.524. The predicted molar refractivity (Wildman–Crippen MR) is 229 cm³/mol. The largest absolute Gasteiger partial charge is 0.446 e. The van der Waals surface area contributed by atoms with Crippen molar-refractivity contribution in [3.05, 3.63) is 47.8 Å². The van der Waals surface area contributed by atoms with Gasteiger partial charge in [0.1, 0.15) is 23.0 Å². The average Bonchev–Trinajstić information content (AvgIpc) is 4.17. The number of carbonyl (C=O) groups is 2. The maximum atomic E-state index is 13.3. The van der Waals surface area contributed by atoms with Crippen LogP contribution in [-0.2, 0) is 4.79 Å². The van der Waals surface area contributed by atoms with Crippen LogP contribution in [-0.4, -0.2) is 123 Å². The summed E-state index contributed by atoms with van der Waals surface area (Å²) in [4.78, 5) is 27.5. The Balaban J connectivity index is 0.000000173. The lowest BCUT2D eigenvalue weighted by molar-refractivity contribution is -0.122. The SMILES string of the molecule is CN1CCC2(Nc3cccc4c(SC(F)(F)F)c(C#CCNC(=O)C5CC5)nn34)CC2C1.CNC(=O)NCC#Cc1nn2c(NC34CCN(C)CC3C4)cccc2c1SC(F)(F)F. The molecule has 5 fully saturated rings. The van der Waals surface area contributed by atoms with Crippen LogP contribution in [0.1, 0.15) is 49.9 Å². The van der Waals surface area contributed by atoms with Crippen molar-refractivity contribution in [1.29, 1.82) is 0 Å². The Kier molecular flexibility index (Phi) is 12.4. The lowest BCUT2D eigenvalue weighted by Crippen LogP contribution is -2.39. The van der Waals surface area contributed by atoms with E-state index in [-0.39, 0.29) is 80.7 Å². The van der Waals surface area contributed by atoms with Gasteiger partial charge in [-0.3, -0.25) is 4.79 Å². The highest BCUT2D eigenvalue weighted by atomic mass is 32.2.